The Kier molecular flexibility index (Phi) is 2.18. The molecule has 0 spiro atoms. The summed E-state index contributed by atoms with van der Waals surface area (Å²) in [6.45, 7) is 1.42. The van der Waals surface area contributed by atoms with Gasteiger partial charge in [0.2, 0.25) is 0 Å². The van der Waals surface area contributed by atoms with Crippen molar-refractivity contribution >= 4 is 10.8 Å². The lowest BCUT2D eigenvalue weighted by Crippen LogP contribution is -2.03. The van der Waals surface area contributed by atoms with Crippen molar-refractivity contribution in [3.8, 4) is 11.5 Å². The van der Waals surface area contributed by atoms with Gasteiger partial charge < -0.3 is 14.6 Å². The molecule has 0 saturated carbocycles. The molecule has 82 valence electrons. The molecule has 16 heavy (non-hydrogen) atoms. The molecule has 1 fully saturated rings. The van der Waals surface area contributed by atoms with Crippen molar-refractivity contribution in [2.45, 2.75) is 6.10 Å². The van der Waals surface area contributed by atoms with Crippen molar-refractivity contribution in [3.05, 3.63) is 36.4 Å². The third kappa shape index (κ3) is 1.95. The summed E-state index contributed by atoms with van der Waals surface area (Å²) in [6, 6.07) is 11.1. The van der Waals surface area contributed by atoms with Gasteiger partial charge in [-0.1, -0.05) is 12.1 Å². The van der Waals surface area contributed by atoms with E-state index in [1.54, 1.807) is 12.1 Å². The Labute approximate surface area is 93.2 Å². The molecule has 0 amide bonds. The maximum absolute atomic E-state index is 9.34. The van der Waals surface area contributed by atoms with Gasteiger partial charge in [-0.2, -0.15) is 0 Å². The van der Waals surface area contributed by atoms with E-state index in [0.29, 0.717) is 6.61 Å². The summed E-state index contributed by atoms with van der Waals surface area (Å²) < 4.78 is 10.7. The van der Waals surface area contributed by atoms with Gasteiger partial charge in [-0.05, 0) is 35.0 Å². The highest BCUT2D eigenvalue weighted by Gasteiger charge is 2.22. The van der Waals surface area contributed by atoms with Crippen LogP contribution in [0.15, 0.2) is 36.4 Å². The van der Waals surface area contributed by atoms with E-state index in [0.717, 1.165) is 23.1 Å². The van der Waals surface area contributed by atoms with E-state index in [4.69, 9.17) is 9.47 Å². The zero-order valence-electron chi connectivity index (χ0n) is 8.72. The fraction of sp³-hybridized carbons (Fsp3) is 0.231. The molecule has 0 aromatic heterocycles. The summed E-state index contributed by atoms with van der Waals surface area (Å²) in [7, 11) is 0. The third-order valence-corrected chi connectivity index (χ3v) is 2.63. The topological polar surface area (TPSA) is 42.0 Å². The number of epoxide rings is 1. The van der Waals surface area contributed by atoms with Crippen LogP contribution in [0.1, 0.15) is 0 Å². The fourth-order valence-corrected chi connectivity index (χ4v) is 1.65. The summed E-state index contributed by atoms with van der Waals surface area (Å²) in [5.41, 5.74) is 0. The molecule has 3 rings (SSSR count). The lowest BCUT2D eigenvalue weighted by molar-refractivity contribution is 0.263. The summed E-state index contributed by atoms with van der Waals surface area (Å²) in [6.07, 6.45) is 0.274. The monoisotopic (exact) mass is 216 g/mol. The maximum atomic E-state index is 9.34. The molecule has 3 heteroatoms. The van der Waals surface area contributed by atoms with Crippen LogP contribution in [0.5, 0.6) is 11.5 Å². The van der Waals surface area contributed by atoms with E-state index in [-0.39, 0.29) is 11.9 Å². The molecule has 1 aliphatic rings. The van der Waals surface area contributed by atoms with Crippen molar-refractivity contribution < 1.29 is 14.6 Å². The van der Waals surface area contributed by atoms with Crippen molar-refractivity contribution in [3.63, 3.8) is 0 Å². The van der Waals surface area contributed by atoms with Crippen LogP contribution in [0.4, 0.5) is 0 Å². The first kappa shape index (κ1) is 9.48. The predicted molar refractivity (Wildman–Crippen MR) is 60.8 cm³/mol. The Morgan fingerprint density at radius 2 is 1.94 bits per heavy atom. The number of ether oxygens (including phenoxy) is 2. The van der Waals surface area contributed by atoms with Gasteiger partial charge in [-0.3, -0.25) is 0 Å². The second-order valence-corrected chi connectivity index (χ2v) is 3.96. The number of fused-ring (bicyclic) bond motifs is 1. The first-order valence-electron chi connectivity index (χ1n) is 5.28. The van der Waals surface area contributed by atoms with E-state index in [1.165, 1.54) is 0 Å². The molecule has 3 nitrogen and oxygen atoms in total. The SMILES string of the molecule is Oc1ccc2cc(OCC3CO3)ccc2c1. The first-order chi connectivity index (χ1) is 7.81. The quantitative estimate of drug-likeness (QED) is 0.800. The minimum Gasteiger partial charge on any atom is -0.508 e. The zero-order chi connectivity index (χ0) is 11.0. The van der Waals surface area contributed by atoms with E-state index in [9.17, 15) is 5.11 Å². The largest absolute Gasteiger partial charge is 0.508 e. The summed E-state index contributed by atoms with van der Waals surface area (Å²) in [5, 5.41) is 11.4. The second-order valence-electron chi connectivity index (χ2n) is 3.96. The van der Waals surface area contributed by atoms with Gasteiger partial charge in [-0.15, -0.1) is 0 Å². The van der Waals surface area contributed by atoms with Crippen molar-refractivity contribution in [1.29, 1.82) is 0 Å². The van der Waals surface area contributed by atoms with Crippen LogP contribution in [0, 0.1) is 0 Å². The standard InChI is InChI=1S/C13H12O3/c14-11-3-1-10-6-12(4-2-9(10)5-11)15-7-13-8-16-13/h1-6,13-14H,7-8H2. The Morgan fingerprint density at radius 1 is 1.19 bits per heavy atom. The lowest BCUT2D eigenvalue weighted by Gasteiger charge is -2.05. The molecule has 1 aliphatic heterocycles. The minimum atomic E-state index is 0.274. The summed E-state index contributed by atoms with van der Waals surface area (Å²) in [4.78, 5) is 0. The lowest BCUT2D eigenvalue weighted by atomic mass is 10.1. The Bertz CT molecular complexity index is 518. The van der Waals surface area contributed by atoms with Gasteiger partial charge in [0.1, 0.15) is 24.2 Å². The van der Waals surface area contributed by atoms with E-state index in [1.807, 2.05) is 24.3 Å². The fourth-order valence-electron chi connectivity index (χ4n) is 1.65. The molecule has 2 aromatic carbocycles. The Balaban J connectivity index is 1.86. The molecule has 1 saturated heterocycles. The number of phenols is 1. The summed E-state index contributed by atoms with van der Waals surface area (Å²) >= 11 is 0. The molecule has 1 unspecified atom stereocenters. The highest BCUT2D eigenvalue weighted by atomic mass is 16.6. The maximum Gasteiger partial charge on any atom is 0.120 e. The van der Waals surface area contributed by atoms with E-state index < -0.39 is 0 Å². The highest BCUT2D eigenvalue weighted by Crippen LogP contribution is 2.24. The zero-order valence-corrected chi connectivity index (χ0v) is 8.72. The number of phenolic OH excluding ortho intramolecular Hbond substituents is 1. The average Bonchev–Trinajstić information content (AvgIpc) is 3.10. The minimum absolute atomic E-state index is 0.274. The van der Waals surface area contributed by atoms with Crippen molar-refractivity contribution in [1.82, 2.24) is 0 Å². The molecule has 0 bridgehead atoms. The van der Waals surface area contributed by atoms with E-state index >= 15 is 0 Å². The molecule has 2 aromatic rings. The second kappa shape index (κ2) is 3.68. The summed E-state index contributed by atoms with van der Waals surface area (Å²) in [5.74, 6) is 1.13. The Hall–Kier alpha value is -1.74. The van der Waals surface area contributed by atoms with Crippen LogP contribution in [0.25, 0.3) is 10.8 Å². The highest BCUT2D eigenvalue weighted by molar-refractivity contribution is 5.85. The van der Waals surface area contributed by atoms with Crippen LogP contribution >= 0.6 is 0 Å². The average molecular weight is 216 g/mol. The number of benzene rings is 2. The van der Waals surface area contributed by atoms with Crippen molar-refractivity contribution in [2.75, 3.05) is 13.2 Å². The van der Waals surface area contributed by atoms with Crippen LogP contribution in [-0.2, 0) is 4.74 Å². The van der Waals surface area contributed by atoms with Crippen LogP contribution < -0.4 is 4.74 Å². The number of aromatic hydroxyl groups is 1. The molecule has 1 atom stereocenters. The molecule has 0 radical (unpaired) electrons. The number of rotatable bonds is 3. The van der Waals surface area contributed by atoms with Gasteiger partial charge in [0.05, 0.1) is 6.61 Å². The van der Waals surface area contributed by atoms with Gasteiger partial charge in [-0.25, -0.2) is 0 Å². The van der Waals surface area contributed by atoms with Crippen LogP contribution in [-0.4, -0.2) is 24.4 Å². The van der Waals surface area contributed by atoms with Crippen molar-refractivity contribution in [2.24, 2.45) is 0 Å². The van der Waals surface area contributed by atoms with E-state index in [2.05, 4.69) is 0 Å². The number of hydrogen-bond donors (Lipinski definition) is 1. The molecular formula is C13H12O3. The van der Waals surface area contributed by atoms with Crippen LogP contribution in [0.3, 0.4) is 0 Å². The number of hydrogen-bond acceptors (Lipinski definition) is 3. The smallest absolute Gasteiger partial charge is 0.120 e. The third-order valence-electron chi connectivity index (χ3n) is 2.63. The molecular weight excluding hydrogens is 204 g/mol. The molecule has 0 aliphatic carbocycles. The Morgan fingerprint density at radius 3 is 2.75 bits per heavy atom. The first-order valence-corrected chi connectivity index (χ1v) is 5.28. The van der Waals surface area contributed by atoms with Gasteiger partial charge in [0.25, 0.3) is 0 Å². The normalized spacial score (nSPS) is 18.6. The van der Waals surface area contributed by atoms with Crippen LogP contribution in [0.2, 0.25) is 0 Å². The van der Waals surface area contributed by atoms with Gasteiger partial charge in [0.15, 0.2) is 0 Å². The van der Waals surface area contributed by atoms with Gasteiger partial charge >= 0.3 is 0 Å². The predicted octanol–water partition coefficient (Wildman–Crippen LogP) is 2.32. The molecule has 1 N–H and O–H groups in total. The van der Waals surface area contributed by atoms with Gasteiger partial charge in [0, 0.05) is 0 Å². The molecule has 1 heterocycles.